The van der Waals surface area contributed by atoms with Gasteiger partial charge in [0, 0.05) is 47.5 Å². The minimum atomic E-state index is -0.532. The number of anilines is 2. The molecule has 0 unspecified atom stereocenters. The summed E-state index contributed by atoms with van der Waals surface area (Å²) in [5, 5.41) is 7.02. The molecule has 3 N–H and O–H groups in total. The molecule has 4 aromatic rings. The normalized spacial score (nSPS) is 19.7. The van der Waals surface area contributed by atoms with Crippen LogP contribution in [0.25, 0.3) is 22.2 Å². The van der Waals surface area contributed by atoms with E-state index in [1.807, 2.05) is 97.9 Å². The fourth-order valence-corrected chi connectivity index (χ4v) is 7.33. The summed E-state index contributed by atoms with van der Waals surface area (Å²) in [6.45, 7) is 1.20. The third-order valence-corrected chi connectivity index (χ3v) is 10.1. The van der Waals surface area contributed by atoms with Crippen LogP contribution in [0.15, 0.2) is 78.9 Å². The van der Waals surface area contributed by atoms with Crippen LogP contribution >= 0.6 is 0 Å². The lowest BCUT2D eigenvalue weighted by atomic mass is 10.0. The van der Waals surface area contributed by atoms with E-state index in [-0.39, 0.29) is 23.6 Å². The molecule has 1 saturated carbocycles. The second-order valence-electron chi connectivity index (χ2n) is 13.9. The van der Waals surface area contributed by atoms with Gasteiger partial charge in [0.1, 0.15) is 18.1 Å². The maximum absolute atomic E-state index is 13.7. The zero-order chi connectivity index (χ0) is 34.1. The van der Waals surface area contributed by atoms with E-state index in [1.54, 1.807) is 9.80 Å². The Kier molecular flexibility index (Phi) is 9.23. The number of fused-ring (bicyclic) bond motifs is 1. The summed E-state index contributed by atoms with van der Waals surface area (Å²) < 4.78 is 0. The van der Waals surface area contributed by atoms with Crippen molar-refractivity contribution in [3.8, 4) is 11.3 Å². The summed E-state index contributed by atoms with van der Waals surface area (Å²) in [5.41, 5.74) is 5.06. The molecular weight excluding hydrogens is 616 g/mol. The van der Waals surface area contributed by atoms with Crippen LogP contribution in [0, 0.1) is 5.92 Å². The summed E-state index contributed by atoms with van der Waals surface area (Å²) in [5.74, 6) is 0.223. The first kappa shape index (κ1) is 32.6. The van der Waals surface area contributed by atoms with Gasteiger partial charge in [-0.3, -0.25) is 24.1 Å². The Balaban J connectivity index is 0.990. The average Bonchev–Trinajstić information content (AvgIpc) is 3.47. The first-order chi connectivity index (χ1) is 23.7. The molecule has 49 heavy (non-hydrogen) atoms. The second kappa shape index (κ2) is 13.9. The lowest BCUT2D eigenvalue weighted by Gasteiger charge is -2.31. The quantitative estimate of drug-likeness (QED) is 0.199. The molecule has 1 aliphatic carbocycles. The van der Waals surface area contributed by atoms with Gasteiger partial charge in [0.25, 0.3) is 0 Å². The van der Waals surface area contributed by atoms with Crippen LogP contribution in [0.3, 0.4) is 0 Å². The highest BCUT2D eigenvalue weighted by Gasteiger charge is 2.39. The molecular formula is C39H44N6O4. The molecule has 10 nitrogen and oxygen atoms in total. The number of likely N-dealkylation sites (N-methyl/N-ethyl adjacent to an activating group) is 1. The Labute approximate surface area is 286 Å². The molecule has 3 aromatic carbocycles. The molecule has 2 saturated heterocycles. The van der Waals surface area contributed by atoms with Gasteiger partial charge < -0.3 is 25.4 Å². The molecule has 3 fully saturated rings. The molecule has 2 aliphatic heterocycles. The number of carbonyl (C=O) groups excluding carboxylic acids is 4. The fraction of sp³-hybridized carbons (Fsp3) is 0.385. The third kappa shape index (κ3) is 7.10. The first-order valence-electron chi connectivity index (χ1n) is 17.4. The standard InChI is InChI=1S/C39H44N6O4/c1-43(2)36(27-8-4-3-5-9-27)39(49)45-21-7-11-34(45)38(48)41-30-18-19-31-28(23-30)24-32(42-31)26-14-16-29(17-15-26)40-37(47)33-10-6-20-44(33)35(46)22-25-12-13-25/h3-5,8-9,14-19,23-25,33-34,36,42H,6-7,10-13,20-22H2,1-2H3,(H,40,47)(H,41,48)/t33-,34-,36+/m0/s1. The van der Waals surface area contributed by atoms with Crippen LogP contribution in [0.1, 0.15) is 56.6 Å². The number of nitrogens with one attached hydrogen (secondary N) is 3. The number of aromatic nitrogens is 1. The smallest absolute Gasteiger partial charge is 0.247 e. The first-order valence-corrected chi connectivity index (χ1v) is 17.4. The van der Waals surface area contributed by atoms with Gasteiger partial charge in [0.05, 0.1) is 0 Å². The molecule has 4 amide bonds. The summed E-state index contributed by atoms with van der Waals surface area (Å²) in [7, 11) is 3.77. The maximum atomic E-state index is 13.7. The summed E-state index contributed by atoms with van der Waals surface area (Å²) >= 11 is 0. The number of likely N-dealkylation sites (tertiary alicyclic amines) is 2. The van der Waals surface area contributed by atoms with Gasteiger partial charge in [-0.2, -0.15) is 0 Å². The predicted octanol–water partition coefficient (Wildman–Crippen LogP) is 5.80. The lowest BCUT2D eigenvalue weighted by Crippen LogP contribution is -2.47. The van der Waals surface area contributed by atoms with Gasteiger partial charge in [-0.05, 0) is 106 Å². The number of benzene rings is 3. The van der Waals surface area contributed by atoms with Crippen molar-refractivity contribution in [3.63, 3.8) is 0 Å². The van der Waals surface area contributed by atoms with Crippen molar-refractivity contribution in [1.82, 2.24) is 19.7 Å². The van der Waals surface area contributed by atoms with Crippen LogP contribution in [0.2, 0.25) is 0 Å². The molecule has 3 aliphatic rings. The topological polar surface area (TPSA) is 118 Å². The van der Waals surface area contributed by atoms with E-state index in [0.29, 0.717) is 49.6 Å². The minimum Gasteiger partial charge on any atom is -0.355 e. The van der Waals surface area contributed by atoms with Crippen molar-refractivity contribution < 1.29 is 19.2 Å². The van der Waals surface area contributed by atoms with Crippen LogP contribution in [-0.2, 0) is 19.2 Å². The molecule has 0 spiro atoms. The van der Waals surface area contributed by atoms with Gasteiger partial charge in [0.2, 0.25) is 23.6 Å². The largest absolute Gasteiger partial charge is 0.355 e. The van der Waals surface area contributed by atoms with Crippen molar-refractivity contribution in [3.05, 3.63) is 84.4 Å². The zero-order valence-corrected chi connectivity index (χ0v) is 28.2. The van der Waals surface area contributed by atoms with Crippen LogP contribution in [-0.4, -0.2) is 82.6 Å². The van der Waals surface area contributed by atoms with Gasteiger partial charge in [-0.1, -0.05) is 42.5 Å². The summed E-state index contributed by atoms with van der Waals surface area (Å²) in [6, 6.07) is 23.7. The van der Waals surface area contributed by atoms with E-state index in [4.69, 9.17) is 0 Å². The summed E-state index contributed by atoms with van der Waals surface area (Å²) in [4.78, 5) is 61.9. The maximum Gasteiger partial charge on any atom is 0.247 e. The van der Waals surface area contributed by atoms with Crippen LogP contribution < -0.4 is 10.6 Å². The van der Waals surface area contributed by atoms with E-state index in [2.05, 4.69) is 15.6 Å². The lowest BCUT2D eigenvalue weighted by molar-refractivity contribution is -0.140. The molecule has 10 heteroatoms. The van der Waals surface area contributed by atoms with Gasteiger partial charge in [0.15, 0.2) is 0 Å². The highest BCUT2D eigenvalue weighted by Crippen LogP contribution is 2.34. The number of H-pyrrole nitrogens is 1. The number of hydrogen-bond donors (Lipinski definition) is 3. The molecule has 3 heterocycles. The molecule has 0 radical (unpaired) electrons. The van der Waals surface area contributed by atoms with Crippen molar-refractivity contribution in [1.29, 1.82) is 0 Å². The number of rotatable bonds is 10. The van der Waals surface area contributed by atoms with Gasteiger partial charge in [-0.15, -0.1) is 0 Å². The monoisotopic (exact) mass is 660 g/mol. The molecule has 7 rings (SSSR count). The minimum absolute atomic E-state index is 0.0651. The Morgan fingerprint density at radius 3 is 2.08 bits per heavy atom. The van der Waals surface area contributed by atoms with Gasteiger partial charge in [-0.25, -0.2) is 0 Å². The molecule has 1 aromatic heterocycles. The second-order valence-corrected chi connectivity index (χ2v) is 13.9. The van der Waals surface area contributed by atoms with Crippen molar-refractivity contribution in [2.75, 3.05) is 37.8 Å². The predicted molar refractivity (Wildman–Crippen MR) is 191 cm³/mol. The zero-order valence-electron chi connectivity index (χ0n) is 28.2. The summed E-state index contributed by atoms with van der Waals surface area (Å²) in [6.07, 6.45) is 5.74. The van der Waals surface area contributed by atoms with E-state index in [0.717, 1.165) is 53.4 Å². The third-order valence-electron chi connectivity index (χ3n) is 10.1. The number of amides is 4. The molecule has 254 valence electrons. The highest BCUT2D eigenvalue weighted by atomic mass is 16.2. The van der Waals surface area contributed by atoms with Crippen molar-refractivity contribution in [2.24, 2.45) is 5.92 Å². The van der Waals surface area contributed by atoms with Crippen molar-refractivity contribution >= 4 is 45.9 Å². The van der Waals surface area contributed by atoms with E-state index in [1.165, 1.54) is 0 Å². The number of nitrogens with zero attached hydrogens (tertiary/aromatic N) is 3. The van der Waals surface area contributed by atoms with E-state index in [9.17, 15) is 19.2 Å². The number of hydrogen-bond acceptors (Lipinski definition) is 5. The number of carbonyl (C=O) groups is 4. The fourth-order valence-electron chi connectivity index (χ4n) is 7.33. The molecule has 0 bridgehead atoms. The Hall–Kier alpha value is -4.96. The average molecular weight is 661 g/mol. The van der Waals surface area contributed by atoms with E-state index >= 15 is 0 Å². The van der Waals surface area contributed by atoms with Crippen molar-refractivity contribution in [2.45, 2.75) is 63.1 Å². The Morgan fingerprint density at radius 1 is 0.776 bits per heavy atom. The van der Waals surface area contributed by atoms with Gasteiger partial charge >= 0.3 is 0 Å². The molecule has 3 atom stereocenters. The Bertz CT molecular complexity index is 1850. The SMILES string of the molecule is CN(C)[C@@H](C(=O)N1CCC[C@H]1C(=O)Nc1ccc2[nH]c(-c3ccc(NC(=O)[C@@H]4CCCN4C(=O)CC4CC4)cc3)cc2c1)c1ccccc1. The van der Waals surface area contributed by atoms with Crippen LogP contribution in [0.4, 0.5) is 11.4 Å². The van der Waals surface area contributed by atoms with Crippen LogP contribution in [0.5, 0.6) is 0 Å². The Morgan fingerprint density at radius 2 is 1.41 bits per heavy atom. The van der Waals surface area contributed by atoms with E-state index < -0.39 is 18.1 Å². The number of aromatic amines is 1. The highest BCUT2D eigenvalue weighted by molar-refractivity contribution is 6.00.